The molecule has 0 aliphatic carbocycles. The molecule has 0 unspecified atom stereocenters. The van der Waals surface area contributed by atoms with Crippen LogP contribution < -0.4 is 4.74 Å². The van der Waals surface area contributed by atoms with E-state index in [1.54, 1.807) is 6.08 Å². The first kappa shape index (κ1) is 17.2. The van der Waals surface area contributed by atoms with Crippen LogP contribution in [0.2, 0.25) is 0 Å². The lowest BCUT2D eigenvalue weighted by atomic mass is 10.1. The van der Waals surface area contributed by atoms with E-state index in [-0.39, 0.29) is 0 Å². The largest absolute Gasteiger partial charge is 0.494 e. The van der Waals surface area contributed by atoms with Gasteiger partial charge in [-0.15, -0.1) is 0 Å². The van der Waals surface area contributed by atoms with E-state index >= 15 is 0 Å². The Labute approximate surface area is 139 Å². The summed E-state index contributed by atoms with van der Waals surface area (Å²) in [6.45, 7) is 6.70. The summed E-state index contributed by atoms with van der Waals surface area (Å²) in [5.74, 6) is 1.57. The predicted octanol–water partition coefficient (Wildman–Crippen LogP) is 5.53. The van der Waals surface area contributed by atoms with Gasteiger partial charge in [-0.25, -0.2) is 9.97 Å². The van der Waals surface area contributed by atoms with E-state index < -0.39 is 0 Å². The lowest BCUT2D eigenvalue weighted by Crippen LogP contribution is -1.97. The maximum Gasteiger partial charge on any atom is 0.151 e. The van der Waals surface area contributed by atoms with E-state index in [0.29, 0.717) is 5.82 Å². The number of nitrogens with zero attached hydrogens (tertiary/aromatic N) is 2. The van der Waals surface area contributed by atoms with Gasteiger partial charge in [-0.2, -0.15) is 0 Å². The molecule has 3 heteroatoms. The summed E-state index contributed by atoms with van der Waals surface area (Å²) in [6.07, 6.45) is 13.0. The number of rotatable bonds is 10. The molecular formula is C20H26N2O. The molecule has 2 aromatic rings. The van der Waals surface area contributed by atoms with Gasteiger partial charge in [0.2, 0.25) is 0 Å². The Kier molecular flexibility index (Phi) is 7.31. The Morgan fingerprint density at radius 3 is 2.22 bits per heavy atom. The highest BCUT2D eigenvalue weighted by atomic mass is 16.5. The predicted molar refractivity (Wildman–Crippen MR) is 96.4 cm³/mol. The maximum absolute atomic E-state index is 5.80. The third-order valence-electron chi connectivity index (χ3n) is 3.81. The number of hydrogen-bond acceptors (Lipinski definition) is 3. The van der Waals surface area contributed by atoms with Crippen molar-refractivity contribution in [3.63, 3.8) is 0 Å². The van der Waals surface area contributed by atoms with Gasteiger partial charge in [0.1, 0.15) is 5.75 Å². The summed E-state index contributed by atoms with van der Waals surface area (Å²) < 4.78 is 5.80. The molecule has 0 aliphatic heterocycles. The van der Waals surface area contributed by atoms with Crippen molar-refractivity contribution in [2.75, 3.05) is 6.61 Å². The molecule has 1 heterocycles. The molecule has 0 fully saturated rings. The highest BCUT2D eigenvalue weighted by Gasteiger charge is 2.00. The Balaban J connectivity index is 1.76. The first-order valence-electron chi connectivity index (χ1n) is 8.51. The van der Waals surface area contributed by atoms with Crippen LogP contribution in [0.3, 0.4) is 0 Å². The Morgan fingerprint density at radius 2 is 1.57 bits per heavy atom. The SMILES string of the molecule is C=Cc1ncc(-c2ccc(OCCCCCCCC)cc2)cn1. The Bertz CT molecular complexity index is 576. The zero-order valence-electron chi connectivity index (χ0n) is 14.0. The normalized spacial score (nSPS) is 10.5. The van der Waals surface area contributed by atoms with Crippen molar-refractivity contribution < 1.29 is 4.74 Å². The van der Waals surface area contributed by atoms with E-state index in [0.717, 1.165) is 29.9 Å². The summed E-state index contributed by atoms with van der Waals surface area (Å²) in [4.78, 5) is 8.45. The lowest BCUT2D eigenvalue weighted by Gasteiger charge is -2.07. The molecule has 0 amide bonds. The quantitative estimate of drug-likeness (QED) is 0.541. The minimum absolute atomic E-state index is 0.646. The van der Waals surface area contributed by atoms with Crippen molar-refractivity contribution in [2.45, 2.75) is 45.4 Å². The molecule has 0 saturated heterocycles. The van der Waals surface area contributed by atoms with Crippen molar-refractivity contribution in [1.82, 2.24) is 9.97 Å². The fourth-order valence-corrected chi connectivity index (χ4v) is 2.41. The molecule has 2 rings (SSSR count). The number of ether oxygens (including phenoxy) is 1. The van der Waals surface area contributed by atoms with Crippen LogP contribution in [-0.4, -0.2) is 16.6 Å². The zero-order chi connectivity index (χ0) is 16.3. The number of unbranched alkanes of at least 4 members (excludes halogenated alkanes) is 5. The number of benzene rings is 1. The molecule has 23 heavy (non-hydrogen) atoms. The van der Waals surface area contributed by atoms with Gasteiger partial charge in [-0.1, -0.05) is 57.7 Å². The molecule has 1 aromatic heterocycles. The van der Waals surface area contributed by atoms with Crippen LogP contribution in [0, 0.1) is 0 Å². The first-order chi connectivity index (χ1) is 11.3. The molecule has 3 nitrogen and oxygen atoms in total. The van der Waals surface area contributed by atoms with Gasteiger partial charge in [-0.05, 0) is 30.2 Å². The van der Waals surface area contributed by atoms with E-state index in [1.165, 1.54) is 32.1 Å². The van der Waals surface area contributed by atoms with Gasteiger partial charge in [0, 0.05) is 18.0 Å². The summed E-state index contributed by atoms with van der Waals surface area (Å²) in [5, 5.41) is 0. The third-order valence-corrected chi connectivity index (χ3v) is 3.81. The number of aromatic nitrogens is 2. The smallest absolute Gasteiger partial charge is 0.151 e. The average molecular weight is 310 g/mol. The van der Waals surface area contributed by atoms with Crippen molar-refractivity contribution >= 4 is 6.08 Å². The van der Waals surface area contributed by atoms with Crippen LogP contribution in [0.25, 0.3) is 17.2 Å². The maximum atomic E-state index is 5.80. The van der Waals surface area contributed by atoms with Crippen molar-refractivity contribution in [2.24, 2.45) is 0 Å². The van der Waals surface area contributed by atoms with Crippen LogP contribution >= 0.6 is 0 Å². The lowest BCUT2D eigenvalue weighted by molar-refractivity contribution is 0.304. The van der Waals surface area contributed by atoms with Crippen LogP contribution in [0.15, 0.2) is 43.2 Å². The second-order valence-corrected chi connectivity index (χ2v) is 5.67. The molecular weight excluding hydrogens is 284 g/mol. The fourth-order valence-electron chi connectivity index (χ4n) is 2.41. The molecule has 0 bridgehead atoms. The van der Waals surface area contributed by atoms with Gasteiger partial charge < -0.3 is 4.74 Å². The highest BCUT2D eigenvalue weighted by Crippen LogP contribution is 2.21. The molecule has 0 atom stereocenters. The summed E-state index contributed by atoms with van der Waals surface area (Å²) >= 11 is 0. The molecule has 0 spiro atoms. The molecule has 0 radical (unpaired) electrons. The van der Waals surface area contributed by atoms with E-state index in [4.69, 9.17) is 4.74 Å². The topological polar surface area (TPSA) is 35.0 Å². The van der Waals surface area contributed by atoms with Crippen LogP contribution in [0.1, 0.15) is 51.3 Å². The number of hydrogen-bond donors (Lipinski definition) is 0. The van der Waals surface area contributed by atoms with E-state index in [1.807, 2.05) is 36.7 Å². The van der Waals surface area contributed by atoms with Crippen LogP contribution in [-0.2, 0) is 0 Å². The van der Waals surface area contributed by atoms with Gasteiger partial charge >= 0.3 is 0 Å². The van der Waals surface area contributed by atoms with Gasteiger partial charge in [0.25, 0.3) is 0 Å². The zero-order valence-corrected chi connectivity index (χ0v) is 14.0. The minimum atomic E-state index is 0.646. The van der Waals surface area contributed by atoms with Gasteiger partial charge in [0.05, 0.1) is 6.61 Å². The molecule has 0 saturated carbocycles. The van der Waals surface area contributed by atoms with Crippen molar-refractivity contribution in [3.8, 4) is 16.9 Å². The molecule has 122 valence electrons. The monoisotopic (exact) mass is 310 g/mol. The molecule has 0 aliphatic rings. The minimum Gasteiger partial charge on any atom is -0.494 e. The van der Waals surface area contributed by atoms with Crippen LogP contribution in [0.5, 0.6) is 5.75 Å². The van der Waals surface area contributed by atoms with E-state index in [9.17, 15) is 0 Å². The second-order valence-electron chi connectivity index (χ2n) is 5.67. The standard InChI is InChI=1S/C20H26N2O/c1-3-5-6-7-8-9-14-23-19-12-10-17(11-13-19)18-15-21-20(4-2)22-16-18/h4,10-13,15-16H,2-3,5-9,14H2,1H3. The first-order valence-corrected chi connectivity index (χ1v) is 8.51. The Morgan fingerprint density at radius 1 is 0.913 bits per heavy atom. The second kappa shape index (κ2) is 9.78. The highest BCUT2D eigenvalue weighted by molar-refractivity contribution is 5.62. The average Bonchev–Trinajstić information content (AvgIpc) is 2.61. The summed E-state index contributed by atoms with van der Waals surface area (Å²) in [7, 11) is 0. The third kappa shape index (κ3) is 5.85. The Hall–Kier alpha value is -2.16. The van der Waals surface area contributed by atoms with Gasteiger partial charge in [0.15, 0.2) is 5.82 Å². The molecule has 1 aromatic carbocycles. The van der Waals surface area contributed by atoms with Gasteiger partial charge in [-0.3, -0.25) is 0 Å². The summed E-state index contributed by atoms with van der Waals surface area (Å²) in [5.41, 5.74) is 2.09. The molecule has 0 N–H and O–H groups in total. The van der Waals surface area contributed by atoms with Crippen molar-refractivity contribution in [3.05, 3.63) is 49.1 Å². The van der Waals surface area contributed by atoms with Crippen LogP contribution in [0.4, 0.5) is 0 Å². The fraction of sp³-hybridized carbons (Fsp3) is 0.400. The summed E-state index contributed by atoms with van der Waals surface area (Å²) in [6, 6.07) is 8.10. The van der Waals surface area contributed by atoms with Crippen molar-refractivity contribution in [1.29, 1.82) is 0 Å². The van der Waals surface area contributed by atoms with E-state index in [2.05, 4.69) is 23.5 Å².